The maximum atomic E-state index is 11.8. The quantitative estimate of drug-likeness (QED) is 0.618. The molecule has 9 heteroatoms. The van der Waals surface area contributed by atoms with Crippen molar-refractivity contribution >= 4 is 21.7 Å². The number of hydrogen-bond donors (Lipinski definition) is 1. The minimum Gasteiger partial charge on any atom is -0.480 e. The van der Waals surface area contributed by atoms with Crippen molar-refractivity contribution in [2.24, 2.45) is 0 Å². The van der Waals surface area contributed by atoms with E-state index in [2.05, 4.69) is 0 Å². The van der Waals surface area contributed by atoms with Crippen molar-refractivity contribution in [1.29, 1.82) is 0 Å². The van der Waals surface area contributed by atoms with Crippen LogP contribution < -0.4 is 0 Å². The lowest BCUT2D eigenvalue weighted by molar-refractivity contribution is -0.384. The molecule has 1 atom stereocenters. The van der Waals surface area contributed by atoms with Crippen LogP contribution in [0.1, 0.15) is 18.5 Å². The van der Waals surface area contributed by atoms with Crippen molar-refractivity contribution in [2.45, 2.75) is 13.0 Å². The van der Waals surface area contributed by atoms with E-state index >= 15 is 0 Å². The van der Waals surface area contributed by atoms with Crippen molar-refractivity contribution in [1.82, 2.24) is 4.31 Å². The molecule has 8 nitrogen and oxygen atoms in total. The summed E-state index contributed by atoms with van der Waals surface area (Å²) in [6.07, 6.45) is 0. The number of nitro benzene ring substituents is 1. The number of aliphatic carboxylic acids is 1. The summed E-state index contributed by atoms with van der Waals surface area (Å²) in [6.45, 7) is 1.53. The average molecular weight is 302 g/mol. The Labute approximate surface area is 115 Å². The zero-order valence-corrected chi connectivity index (χ0v) is 11.7. The number of non-ortho nitro benzene ring substituents is 1. The van der Waals surface area contributed by atoms with Gasteiger partial charge in [0, 0.05) is 25.2 Å². The second-order valence-corrected chi connectivity index (χ2v) is 6.22. The summed E-state index contributed by atoms with van der Waals surface area (Å²) in [5.74, 6) is -2.48. The molecule has 0 aliphatic carbocycles. The molecular formula is C11H14N2O6S. The summed E-state index contributed by atoms with van der Waals surface area (Å²) < 4.78 is 24.5. The van der Waals surface area contributed by atoms with Gasteiger partial charge in [-0.1, -0.05) is 12.1 Å². The number of benzene rings is 1. The van der Waals surface area contributed by atoms with Crippen molar-refractivity contribution in [3.05, 3.63) is 39.9 Å². The Morgan fingerprint density at radius 1 is 1.50 bits per heavy atom. The summed E-state index contributed by atoms with van der Waals surface area (Å²) in [4.78, 5) is 20.6. The van der Waals surface area contributed by atoms with Crippen molar-refractivity contribution in [3.8, 4) is 0 Å². The number of carboxylic acids is 1. The van der Waals surface area contributed by atoms with E-state index in [1.54, 1.807) is 6.07 Å². The molecule has 0 heterocycles. The van der Waals surface area contributed by atoms with E-state index in [0.29, 0.717) is 5.56 Å². The number of carbonyl (C=O) groups is 1. The molecule has 1 aromatic carbocycles. The fraction of sp³-hybridized carbons (Fsp3) is 0.364. The number of carboxylic acid groups (broad SMARTS) is 1. The lowest BCUT2D eigenvalue weighted by Gasteiger charge is -2.23. The first-order valence-corrected chi connectivity index (χ1v) is 7.18. The lowest BCUT2D eigenvalue weighted by Crippen LogP contribution is -2.34. The summed E-state index contributed by atoms with van der Waals surface area (Å²) in [5.41, 5.74) is 0.258. The van der Waals surface area contributed by atoms with Crippen LogP contribution in [0.25, 0.3) is 0 Å². The van der Waals surface area contributed by atoms with Gasteiger partial charge in [0.25, 0.3) is 5.69 Å². The zero-order chi connectivity index (χ0) is 15.5. The molecule has 1 N–H and O–H groups in total. The highest BCUT2D eigenvalue weighted by molar-refractivity contribution is 7.89. The van der Waals surface area contributed by atoms with Crippen molar-refractivity contribution in [2.75, 3.05) is 12.8 Å². The second-order valence-electron chi connectivity index (χ2n) is 4.19. The number of rotatable bonds is 6. The second kappa shape index (κ2) is 5.97. The molecule has 0 radical (unpaired) electrons. The first-order chi connectivity index (χ1) is 9.15. The maximum absolute atomic E-state index is 11.8. The Kier molecular flexibility index (Phi) is 4.79. The third-order valence-corrected chi connectivity index (χ3v) is 4.66. The van der Waals surface area contributed by atoms with Crippen LogP contribution in [-0.4, -0.2) is 41.5 Å². The van der Waals surface area contributed by atoms with Crippen LogP contribution in [-0.2, 0) is 14.8 Å². The molecule has 1 aromatic rings. The van der Waals surface area contributed by atoms with Crippen LogP contribution in [0.15, 0.2) is 24.3 Å². The van der Waals surface area contributed by atoms with Gasteiger partial charge in [0.05, 0.1) is 4.92 Å². The van der Waals surface area contributed by atoms with Gasteiger partial charge in [-0.3, -0.25) is 14.9 Å². The van der Waals surface area contributed by atoms with Gasteiger partial charge in [-0.25, -0.2) is 8.42 Å². The molecule has 20 heavy (non-hydrogen) atoms. The predicted octanol–water partition coefficient (Wildman–Crippen LogP) is 1.00. The summed E-state index contributed by atoms with van der Waals surface area (Å²) in [7, 11) is -2.74. The fourth-order valence-corrected chi connectivity index (χ4v) is 2.73. The molecule has 0 aromatic heterocycles. The Balaban J connectivity index is 3.05. The smallest absolute Gasteiger partial charge is 0.320 e. The van der Waals surface area contributed by atoms with Gasteiger partial charge >= 0.3 is 5.97 Å². The first kappa shape index (κ1) is 16.1. The highest BCUT2D eigenvalue weighted by Crippen LogP contribution is 2.24. The first-order valence-electron chi connectivity index (χ1n) is 5.57. The molecule has 0 spiro atoms. The highest BCUT2D eigenvalue weighted by atomic mass is 32.2. The average Bonchev–Trinajstić information content (AvgIpc) is 2.35. The lowest BCUT2D eigenvalue weighted by atomic mass is 10.1. The van der Waals surface area contributed by atoms with Gasteiger partial charge in [-0.2, -0.15) is 4.31 Å². The van der Waals surface area contributed by atoms with E-state index in [-0.39, 0.29) is 5.69 Å². The van der Waals surface area contributed by atoms with E-state index < -0.39 is 32.7 Å². The molecule has 0 aliphatic rings. The Hall–Kier alpha value is -2.00. The summed E-state index contributed by atoms with van der Waals surface area (Å²) in [5, 5.41) is 19.3. The molecular weight excluding hydrogens is 288 g/mol. The highest BCUT2D eigenvalue weighted by Gasteiger charge is 2.27. The van der Waals surface area contributed by atoms with Gasteiger partial charge < -0.3 is 5.11 Å². The van der Waals surface area contributed by atoms with E-state index in [4.69, 9.17) is 5.11 Å². The van der Waals surface area contributed by atoms with Crippen LogP contribution in [0.5, 0.6) is 0 Å². The summed E-state index contributed by atoms with van der Waals surface area (Å²) >= 11 is 0. The van der Waals surface area contributed by atoms with Gasteiger partial charge in [0.1, 0.15) is 0 Å². The molecule has 0 fully saturated rings. The third kappa shape index (κ3) is 3.75. The van der Waals surface area contributed by atoms with Crippen LogP contribution in [0.4, 0.5) is 5.69 Å². The molecule has 0 bridgehead atoms. The van der Waals surface area contributed by atoms with Crippen molar-refractivity contribution in [3.63, 3.8) is 0 Å². The van der Waals surface area contributed by atoms with Gasteiger partial charge in [-0.15, -0.1) is 0 Å². The topological polar surface area (TPSA) is 118 Å². The Morgan fingerprint density at radius 3 is 2.60 bits per heavy atom. The van der Waals surface area contributed by atoms with E-state index in [9.17, 15) is 23.3 Å². The molecule has 1 unspecified atom stereocenters. The molecule has 0 amide bonds. The standard InChI is InChI=1S/C11H14N2O6S/c1-8(12(2)20(18,19)7-11(14)15)9-4-3-5-10(6-9)13(16)17/h3-6,8H,7H2,1-2H3,(H,14,15). The minimum atomic E-state index is -3.98. The monoisotopic (exact) mass is 302 g/mol. The van der Waals surface area contributed by atoms with Crippen LogP contribution >= 0.6 is 0 Å². The number of hydrogen-bond acceptors (Lipinski definition) is 5. The third-order valence-electron chi connectivity index (χ3n) is 2.85. The van der Waals surface area contributed by atoms with Gasteiger partial charge in [0.15, 0.2) is 5.75 Å². The number of nitro groups is 1. The maximum Gasteiger partial charge on any atom is 0.320 e. The van der Waals surface area contributed by atoms with Crippen LogP contribution in [0.3, 0.4) is 0 Å². The van der Waals surface area contributed by atoms with Crippen molar-refractivity contribution < 1.29 is 23.2 Å². The minimum absolute atomic E-state index is 0.154. The largest absolute Gasteiger partial charge is 0.480 e. The normalized spacial score (nSPS) is 13.2. The van der Waals surface area contributed by atoms with Crippen LogP contribution in [0.2, 0.25) is 0 Å². The zero-order valence-electron chi connectivity index (χ0n) is 10.9. The van der Waals surface area contributed by atoms with Gasteiger partial charge in [-0.05, 0) is 12.5 Å². The number of nitrogens with zero attached hydrogens (tertiary/aromatic N) is 2. The SMILES string of the molecule is CC(c1cccc([N+](=O)[O-])c1)N(C)S(=O)(=O)CC(=O)O. The van der Waals surface area contributed by atoms with Gasteiger partial charge in [0.2, 0.25) is 10.0 Å². The molecule has 0 saturated heterocycles. The van der Waals surface area contributed by atoms with E-state index in [0.717, 1.165) is 4.31 Å². The Morgan fingerprint density at radius 2 is 2.10 bits per heavy atom. The molecule has 0 aliphatic heterocycles. The summed E-state index contributed by atoms with van der Waals surface area (Å²) in [6, 6.07) is 4.84. The Bertz CT molecular complexity index is 628. The molecule has 110 valence electrons. The number of sulfonamides is 1. The van der Waals surface area contributed by atoms with E-state index in [1.807, 2.05) is 0 Å². The molecule has 0 saturated carbocycles. The fourth-order valence-electron chi connectivity index (χ4n) is 1.61. The molecule has 1 rings (SSSR count). The van der Waals surface area contributed by atoms with Crippen LogP contribution in [0, 0.1) is 10.1 Å². The van der Waals surface area contributed by atoms with E-state index in [1.165, 1.54) is 32.2 Å². The predicted molar refractivity (Wildman–Crippen MR) is 70.7 cm³/mol.